The average molecular weight is 191 g/mol. The molecule has 0 amide bonds. The van der Waals surface area contributed by atoms with Gasteiger partial charge in [-0.05, 0) is 13.3 Å². The van der Waals surface area contributed by atoms with Gasteiger partial charge in [-0.2, -0.15) is 5.10 Å². The lowest BCUT2D eigenvalue weighted by atomic mass is 10.2. The fourth-order valence-electron chi connectivity index (χ4n) is 1.57. The number of aryl methyl sites for hydroxylation is 2. The van der Waals surface area contributed by atoms with Gasteiger partial charge in [0, 0.05) is 6.54 Å². The summed E-state index contributed by atoms with van der Waals surface area (Å²) in [6, 6.07) is 0. The molecule has 74 valence electrons. The molecule has 0 aromatic carbocycles. The number of hydrogen-bond acceptors (Lipinski definition) is 4. The summed E-state index contributed by atoms with van der Waals surface area (Å²) >= 11 is 0. The average Bonchev–Trinajstić information content (AvgIpc) is 2.57. The Morgan fingerprint density at radius 1 is 1.36 bits per heavy atom. The second-order valence-corrected chi connectivity index (χ2v) is 3.07. The second kappa shape index (κ2) is 3.25. The molecule has 0 aliphatic heterocycles. The Hall–Kier alpha value is -1.65. The van der Waals surface area contributed by atoms with Crippen molar-refractivity contribution in [1.82, 2.24) is 19.7 Å². The molecule has 5 nitrogen and oxygen atoms in total. The third-order valence-corrected chi connectivity index (χ3v) is 2.27. The molecule has 2 heterocycles. The molecule has 2 N–H and O–H groups in total. The summed E-state index contributed by atoms with van der Waals surface area (Å²) in [5.74, 6) is 0.520. The zero-order valence-electron chi connectivity index (χ0n) is 8.36. The van der Waals surface area contributed by atoms with Crippen LogP contribution >= 0.6 is 0 Å². The number of nitrogens with two attached hydrogens (primary N) is 1. The van der Waals surface area contributed by atoms with Gasteiger partial charge in [-0.15, -0.1) is 0 Å². The number of aromatic nitrogens is 4. The molecule has 2 aromatic rings. The van der Waals surface area contributed by atoms with E-state index < -0.39 is 0 Å². The van der Waals surface area contributed by atoms with E-state index in [4.69, 9.17) is 5.73 Å². The molecule has 0 aliphatic carbocycles. The first-order valence-corrected chi connectivity index (χ1v) is 4.73. The Bertz CT molecular complexity index is 459. The molecule has 0 spiro atoms. The Morgan fingerprint density at radius 2 is 2.14 bits per heavy atom. The van der Waals surface area contributed by atoms with Crippen LogP contribution in [0.5, 0.6) is 0 Å². The first-order valence-electron chi connectivity index (χ1n) is 4.73. The molecule has 0 saturated carbocycles. The minimum atomic E-state index is 0.520. The van der Waals surface area contributed by atoms with Crippen molar-refractivity contribution in [1.29, 1.82) is 0 Å². The smallest absolute Gasteiger partial charge is 0.163 e. The van der Waals surface area contributed by atoms with E-state index in [0.717, 1.165) is 29.7 Å². The van der Waals surface area contributed by atoms with Gasteiger partial charge in [-0.3, -0.25) is 0 Å². The second-order valence-electron chi connectivity index (χ2n) is 3.07. The van der Waals surface area contributed by atoms with E-state index in [1.54, 1.807) is 0 Å². The van der Waals surface area contributed by atoms with E-state index in [1.807, 2.05) is 18.5 Å². The monoisotopic (exact) mass is 191 g/mol. The van der Waals surface area contributed by atoms with Gasteiger partial charge in [-0.25, -0.2) is 14.6 Å². The quantitative estimate of drug-likeness (QED) is 0.768. The maximum absolute atomic E-state index is 5.80. The third kappa shape index (κ3) is 1.13. The van der Waals surface area contributed by atoms with Crippen LogP contribution in [-0.4, -0.2) is 19.7 Å². The fourth-order valence-corrected chi connectivity index (χ4v) is 1.57. The summed E-state index contributed by atoms with van der Waals surface area (Å²) in [6.07, 6.45) is 2.33. The first-order chi connectivity index (χ1) is 6.77. The predicted molar refractivity (Wildman–Crippen MR) is 54.8 cm³/mol. The van der Waals surface area contributed by atoms with Gasteiger partial charge in [-0.1, -0.05) is 6.92 Å². The van der Waals surface area contributed by atoms with E-state index in [9.17, 15) is 0 Å². The molecule has 0 atom stereocenters. The van der Waals surface area contributed by atoms with Crippen molar-refractivity contribution in [3.05, 3.63) is 12.0 Å². The molecule has 0 saturated heterocycles. The molecule has 2 rings (SSSR count). The van der Waals surface area contributed by atoms with Crippen LogP contribution in [-0.2, 0) is 13.0 Å². The lowest BCUT2D eigenvalue weighted by Gasteiger charge is -1.96. The number of hydrogen-bond donors (Lipinski definition) is 1. The Labute approximate surface area is 82.0 Å². The summed E-state index contributed by atoms with van der Waals surface area (Å²) in [7, 11) is 0. The van der Waals surface area contributed by atoms with Crippen LogP contribution in [0.2, 0.25) is 0 Å². The molecule has 2 aromatic heterocycles. The first kappa shape index (κ1) is 8.93. The van der Waals surface area contributed by atoms with Gasteiger partial charge in [0.15, 0.2) is 5.65 Å². The van der Waals surface area contributed by atoms with Crippen LogP contribution in [0.1, 0.15) is 19.5 Å². The van der Waals surface area contributed by atoms with Gasteiger partial charge >= 0.3 is 0 Å². The number of fused-ring (bicyclic) bond motifs is 1. The van der Waals surface area contributed by atoms with E-state index in [1.165, 1.54) is 6.33 Å². The van der Waals surface area contributed by atoms with E-state index in [-0.39, 0.29) is 0 Å². The Morgan fingerprint density at radius 3 is 2.79 bits per heavy atom. The zero-order valence-corrected chi connectivity index (χ0v) is 8.36. The topological polar surface area (TPSA) is 69.6 Å². The van der Waals surface area contributed by atoms with E-state index in [0.29, 0.717) is 5.82 Å². The molecule has 0 radical (unpaired) electrons. The molecular weight excluding hydrogens is 178 g/mol. The Balaban J connectivity index is 2.82. The standard InChI is InChI=1S/C9H13N5/c1-3-6-7-8(10)11-5-12-9(7)14(4-2)13-6/h5H,3-4H2,1-2H3,(H2,10,11,12). The van der Waals surface area contributed by atoms with Crippen molar-refractivity contribution in [2.24, 2.45) is 0 Å². The fraction of sp³-hybridized carbons (Fsp3) is 0.444. The van der Waals surface area contributed by atoms with Crippen molar-refractivity contribution in [3.63, 3.8) is 0 Å². The lowest BCUT2D eigenvalue weighted by Crippen LogP contribution is -1.98. The van der Waals surface area contributed by atoms with Crippen molar-refractivity contribution < 1.29 is 0 Å². The normalized spacial score (nSPS) is 11.0. The lowest BCUT2D eigenvalue weighted by molar-refractivity contribution is 0.663. The van der Waals surface area contributed by atoms with Gasteiger partial charge < -0.3 is 5.73 Å². The zero-order chi connectivity index (χ0) is 10.1. The highest BCUT2D eigenvalue weighted by atomic mass is 15.3. The summed E-state index contributed by atoms with van der Waals surface area (Å²) in [4.78, 5) is 8.17. The van der Waals surface area contributed by atoms with Crippen LogP contribution < -0.4 is 5.73 Å². The number of nitrogens with zero attached hydrogens (tertiary/aromatic N) is 4. The minimum absolute atomic E-state index is 0.520. The van der Waals surface area contributed by atoms with E-state index >= 15 is 0 Å². The maximum atomic E-state index is 5.80. The molecule has 0 aliphatic rings. The molecular formula is C9H13N5. The molecule has 0 unspecified atom stereocenters. The highest BCUT2D eigenvalue weighted by molar-refractivity contribution is 5.88. The Kier molecular flexibility index (Phi) is 2.07. The summed E-state index contributed by atoms with van der Waals surface area (Å²) in [5.41, 5.74) is 7.60. The summed E-state index contributed by atoms with van der Waals surface area (Å²) < 4.78 is 1.85. The highest BCUT2D eigenvalue weighted by Gasteiger charge is 2.12. The molecule has 0 bridgehead atoms. The number of anilines is 1. The molecule has 0 fully saturated rings. The van der Waals surface area contributed by atoms with Gasteiger partial charge in [0.05, 0.1) is 11.1 Å². The van der Waals surface area contributed by atoms with Gasteiger partial charge in [0.2, 0.25) is 0 Å². The number of nitrogen functional groups attached to an aromatic ring is 1. The van der Waals surface area contributed by atoms with Crippen molar-refractivity contribution in [3.8, 4) is 0 Å². The molecule has 14 heavy (non-hydrogen) atoms. The summed E-state index contributed by atoms with van der Waals surface area (Å²) in [6.45, 7) is 4.88. The van der Waals surface area contributed by atoms with Gasteiger partial charge in [0.25, 0.3) is 0 Å². The minimum Gasteiger partial charge on any atom is -0.383 e. The van der Waals surface area contributed by atoms with Crippen molar-refractivity contribution in [2.45, 2.75) is 26.8 Å². The third-order valence-electron chi connectivity index (χ3n) is 2.27. The van der Waals surface area contributed by atoms with Crippen LogP contribution in [0.3, 0.4) is 0 Å². The SMILES string of the molecule is CCc1nn(CC)c2ncnc(N)c12. The number of rotatable bonds is 2. The van der Waals surface area contributed by atoms with Gasteiger partial charge in [0.1, 0.15) is 12.1 Å². The van der Waals surface area contributed by atoms with Crippen molar-refractivity contribution in [2.75, 3.05) is 5.73 Å². The molecule has 5 heteroatoms. The highest BCUT2D eigenvalue weighted by Crippen LogP contribution is 2.21. The largest absolute Gasteiger partial charge is 0.383 e. The van der Waals surface area contributed by atoms with Crippen molar-refractivity contribution >= 4 is 16.9 Å². The van der Waals surface area contributed by atoms with Crippen LogP contribution in [0.25, 0.3) is 11.0 Å². The van der Waals surface area contributed by atoms with E-state index in [2.05, 4.69) is 15.1 Å². The summed E-state index contributed by atoms with van der Waals surface area (Å²) in [5, 5.41) is 5.32. The predicted octanol–water partition coefficient (Wildman–Crippen LogP) is 0.991. The van der Waals surface area contributed by atoms with Crippen LogP contribution in [0.15, 0.2) is 6.33 Å². The maximum Gasteiger partial charge on any atom is 0.163 e. The van der Waals surface area contributed by atoms with Crippen LogP contribution in [0.4, 0.5) is 5.82 Å². The van der Waals surface area contributed by atoms with Crippen LogP contribution in [0, 0.1) is 0 Å².